The molecule has 1 aromatic carbocycles. The van der Waals surface area contributed by atoms with E-state index < -0.39 is 0 Å². The molecule has 4 aliphatic rings. The van der Waals surface area contributed by atoms with Crippen LogP contribution in [0.2, 0.25) is 0 Å². The van der Waals surface area contributed by atoms with Gasteiger partial charge in [-0.3, -0.25) is 9.80 Å². The lowest BCUT2D eigenvalue weighted by atomic mass is 10.1. The zero-order valence-corrected chi connectivity index (χ0v) is 18.7. The molecule has 0 bridgehead atoms. The Bertz CT molecular complexity index is 1070. The normalized spacial score (nSPS) is 29.7. The number of piperidine rings is 1. The molecular weight excluding hydrogens is 423 g/mol. The summed E-state index contributed by atoms with van der Waals surface area (Å²) in [4.78, 5) is 25.0. The molecule has 1 aromatic heterocycles. The van der Waals surface area contributed by atoms with Gasteiger partial charge in [0.15, 0.2) is 0 Å². The SMILES string of the molecule is C[C@H](Nc1nccc(N2C(=O)OC[C@@H]2C2CC2)n1)c1ccc(CN2CC3C(N)C3C2)c(F)c1. The van der Waals surface area contributed by atoms with Crippen LogP contribution in [0.4, 0.5) is 21.0 Å². The summed E-state index contributed by atoms with van der Waals surface area (Å²) in [5.41, 5.74) is 7.52. The average Bonchev–Trinajstić information content (AvgIpc) is 3.64. The third-order valence-electron chi connectivity index (χ3n) is 7.61. The number of halogens is 1. The van der Waals surface area contributed by atoms with Crippen molar-refractivity contribution in [2.75, 3.05) is 29.9 Å². The fourth-order valence-electron chi connectivity index (χ4n) is 5.35. The maximum absolute atomic E-state index is 14.9. The van der Waals surface area contributed by atoms with Gasteiger partial charge in [-0.15, -0.1) is 0 Å². The van der Waals surface area contributed by atoms with Gasteiger partial charge in [-0.1, -0.05) is 12.1 Å². The zero-order valence-electron chi connectivity index (χ0n) is 18.7. The molecule has 4 atom stereocenters. The summed E-state index contributed by atoms with van der Waals surface area (Å²) < 4.78 is 20.1. The van der Waals surface area contributed by atoms with Crippen molar-refractivity contribution >= 4 is 17.9 Å². The van der Waals surface area contributed by atoms with Gasteiger partial charge >= 0.3 is 6.09 Å². The van der Waals surface area contributed by atoms with Crippen LogP contribution in [0.5, 0.6) is 0 Å². The number of anilines is 2. The van der Waals surface area contributed by atoms with Crippen LogP contribution in [0.3, 0.4) is 0 Å². The van der Waals surface area contributed by atoms with Crippen LogP contribution in [0.25, 0.3) is 0 Å². The molecule has 33 heavy (non-hydrogen) atoms. The Labute approximate surface area is 192 Å². The van der Waals surface area contributed by atoms with Gasteiger partial charge in [0, 0.05) is 37.4 Å². The molecule has 4 fully saturated rings. The molecule has 0 radical (unpaired) electrons. The Morgan fingerprint density at radius 1 is 1.27 bits per heavy atom. The standard InChI is InChI=1S/C24H29FN6O2/c1-13(15-4-5-16(19(25)8-15)9-30-10-17-18(11-30)22(17)26)28-23-27-7-6-21(29-23)31-20(14-2-3-14)12-33-24(31)32/h4-8,13-14,17-18,20,22H,2-3,9-12,26H2,1H3,(H,27,28,29)/t13-,17?,18?,20+,22?/m0/s1. The Kier molecular flexibility index (Phi) is 4.99. The molecule has 2 saturated carbocycles. The van der Waals surface area contributed by atoms with Gasteiger partial charge in [-0.2, -0.15) is 4.98 Å². The van der Waals surface area contributed by atoms with Gasteiger partial charge in [0.1, 0.15) is 18.2 Å². The van der Waals surface area contributed by atoms with Crippen LogP contribution in [0, 0.1) is 23.6 Å². The van der Waals surface area contributed by atoms with E-state index >= 15 is 0 Å². The lowest BCUT2D eigenvalue weighted by molar-refractivity contribution is 0.178. The number of ether oxygens (including phenoxy) is 1. The van der Waals surface area contributed by atoms with E-state index in [4.69, 9.17) is 10.5 Å². The maximum atomic E-state index is 14.9. The van der Waals surface area contributed by atoms with Gasteiger partial charge in [0.05, 0.1) is 12.1 Å². The lowest BCUT2D eigenvalue weighted by Crippen LogP contribution is -2.35. The second-order valence-corrected chi connectivity index (χ2v) is 9.91. The number of hydrogen-bond donors (Lipinski definition) is 2. The Balaban J connectivity index is 1.12. The predicted octanol–water partition coefficient (Wildman–Crippen LogP) is 2.91. The number of rotatable bonds is 7. The molecule has 2 unspecified atom stereocenters. The first kappa shape index (κ1) is 20.8. The van der Waals surface area contributed by atoms with Gasteiger partial charge < -0.3 is 15.8 Å². The number of hydrogen-bond acceptors (Lipinski definition) is 7. The molecule has 2 aliphatic carbocycles. The van der Waals surface area contributed by atoms with E-state index in [1.807, 2.05) is 19.1 Å². The monoisotopic (exact) mass is 452 g/mol. The van der Waals surface area contributed by atoms with Crippen LogP contribution in [0.15, 0.2) is 30.5 Å². The van der Waals surface area contributed by atoms with Gasteiger partial charge in [-0.05, 0) is 55.2 Å². The highest BCUT2D eigenvalue weighted by molar-refractivity contribution is 5.89. The number of nitrogens with zero attached hydrogens (tertiary/aromatic N) is 4. The van der Waals surface area contributed by atoms with Crippen molar-refractivity contribution in [1.82, 2.24) is 14.9 Å². The molecule has 3 heterocycles. The van der Waals surface area contributed by atoms with E-state index in [1.165, 1.54) is 0 Å². The van der Waals surface area contributed by atoms with E-state index in [-0.39, 0.29) is 24.0 Å². The first-order valence-electron chi connectivity index (χ1n) is 11.8. The fourth-order valence-corrected chi connectivity index (χ4v) is 5.35. The molecule has 9 heteroatoms. The topological polar surface area (TPSA) is 96.6 Å². The van der Waals surface area contributed by atoms with Gasteiger partial charge in [0.2, 0.25) is 5.95 Å². The van der Waals surface area contributed by atoms with E-state index in [1.54, 1.807) is 23.2 Å². The minimum atomic E-state index is -0.362. The van der Waals surface area contributed by atoms with Crippen LogP contribution < -0.4 is 16.0 Å². The highest BCUT2D eigenvalue weighted by atomic mass is 19.1. The minimum absolute atomic E-state index is 0.0385. The smallest absolute Gasteiger partial charge is 0.415 e. The zero-order chi connectivity index (χ0) is 22.7. The molecule has 8 nitrogen and oxygen atoms in total. The van der Waals surface area contributed by atoms with E-state index in [2.05, 4.69) is 20.2 Å². The number of amides is 1. The number of fused-ring (bicyclic) bond motifs is 1. The molecule has 2 aliphatic heterocycles. The van der Waals surface area contributed by atoms with Crippen LogP contribution in [-0.2, 0) is 11.3 Å². The summed E-state index contributed by atoms with van der Waals surface area (Å²) in [5, 5.41) is 3.24. The summed E-state index contributed by atoms with van der Waals surface area (Å²) in [6, 6.07) is 7.30. The number of nitrogens with one attached hydrogen (secondary N) is 1. The number of likely N-dealkylation sites (tertiary alicyclic amines) is 1. The lowest BCUT2D eigenvalue weighted by Gasteiger charge is -2.21. The van der Waals surface area contributed by atoms with E-state index in [0.717, 1.165) is 31.5 Å². The Morgan fingerprint density at radius 3 is 2.79 bits per heavy atom. The molecule has 6 rings (SSSR count). The maximum Gasteiger partial charge on any atom is 0.415 e. The summed E-state index contributed by atoms with van der Waals surface area (Å²) in [6.45, 7) is 4.89. The van der Waals surface area contributed by atoms with Crippen molar-refractivity contribution in [2.45, 2.75) is 44.4 Å². The van der Waals surface area contributed by atoms with Crippen molar-refractivity contribution in [1.29, 1.82) is 0 Å². The first-order chi connectivity index (χ1) is 16.0. The fraction of sp³-hybridized carbons (Fsp3) is 0.542. The Morgan fingerprint density at radius 2 is 2.06 bits per heavy atom. The van der Waals surface area contributed by atoms with Crippen molar-refractivity contribution < 1.29 is 13.9 Å². The summed E-state index contributed by atoms with van der Waals surface area (Å²) >= 11 is 0. The molecular formula is C24H29FN6O2. The van der Waals surface area contributed by atoms with Crippen molar-refractivity contribution in [3.63, 3.8) is 0 Å². The molecule has 1 amide bonds. The molecule has 0 spiro atoms. The van der Waals surface area contributed by atoms with Crippen molar-refractivity contribution in [3.05, 3.63) is 47.4 Å². The number of carbonyl (C=O) groups excluding carboxylic acids is 1. The van der Waals surface area contributed by atoms with E-state index in [0.29, 0.717) is 54.3 Å². The second-order valence-electron chi connectivity index (χ2n) is 9.91. The largest absolute Gasteiger partial charge is 0.447 e. The predicted molar refractivity (Wildman–Crippen MR) is 121 cm³/mol. The quantitative estimate of drug-likeness (QED) is 0.667. The summed E-state index contributed by atoms with van der Waals surface area (Å²) in [6.07, 6.45) is 3.49. The molecule has 3 N–H and O–H groups in total. The number of carbonyl (C=O) groups is 1. The van der Waals surface area contributed by atoms with Crippen molar-refractivity contribution in [3.8, 4) is 0 Å². The summed E-state index contributed by atoms with van der Waals surface area (Å²) in [5.74, 6) is 2.39. The van der Waals surface area contributed by atoms with Gasteiger partial charge in [0.25, 0.3) is 0 Å². The second kappa shape index (κ2) is 7.92. The Hall–Kier alpha value is -2.78. The van der Waals surface area contributed by atoms with Crippen LogP contribution >= 0.6 is 0 Å². The van der Waals surface area contributed by atoms with Crippen LogP contribution in [0.1, 0.15) is 36.9 Å². The molecule has 2 saturated heterocycles. The van der Waals surface area contributed by atoms with E-state index in [9.17, 15) is 9.18 Å². The minimum Gasteiger partial charge on any atom is -0.447 e. The first-order valence-corrected chi connectivity index (χ1v) is 11.8. The third kappa shape index (κ3) is 3.93. The third-order valence-corrected chi connectivity index (χ3v) is 7.61. The highest BCUT2D eigenvalue weighted by Gasteiger charge is 2.53. The average molecular weight is 453 g/mol. The molecule has 2 aromatic rings. The molecule has 174 valence electrons. The van der Waals surface area contributed by atoms with Crippen molar-refractivity contribution in [2.24, 2.45) is 23.5 Å². The number of nitrogens with two attached hydrogens (primary N) is 1. The number of aromatic nitrogens is 2. The number of benzene rings is 1. The van der Waals surface area contributed by atoms with Crippen LogP contribution in [-0.4, -0.2) is 52.7 Å². The van der Waals surface area contributed by atoms with Gasteiger partial charge in [-0.25, -0.2) is 14.2 Å². The summed E-state index contributed by atoms with van der Waals surface area (Å²) in [7, 11) is 0. The highest BCUT2D eigenvalue weighted by Crippen LogP contribution is 2.44. The number of cyclic esters (lactones) is 1.